The van der Waals surface area contributed by atoms with E-state index in [-0.39, 0.29) is 0 Å². The molecule has 2 aromatic carbocycles. The average Bonchev–Trinajstić information content (AvgIpc) is 2.61. The molecule has 0 atom stereocenters. The molecule has 0 aliphatic carbocycles. The van der Waals surface area contributed by atoms with Crippen molar-refractivity contribution in [2.24, 2.45) is 0 Å². The van der Waals surface area contributed by atoms with Crippen LogP contribution in [0, 0.1) is 0 Å². The van der Waals surface area contributed by atoms with Gasteiger partial charge in [0.15, 0.2) is 11.6 Å². The molecule has 0 aliphatic heterocycles. The summed E-state index contributed by atoms with van der Waals surface area (Å²) in [6.45, 7) is 0.484. The number of rotatable bonds is 5. The second kappa shape index (κ2) is 6.63. The van der Waals surface area contributed by atoms with Crippen LogP contribution in [0.1, 0.15) is 15.9 Å². The highest BCUT2D eigenvalue weighted by Crippen LogP contribution is 2.17. The largest absolute Gasteiger partial charge is 0.486 e. The van der Waals surface area contributed by atoms with Crippen molar-refractivity contribution in [3.63, 3.8) is 0 Å². The predicted molar refractivity (Wildman–Crippen MR) is 83.6 cm³/mol. The molecule has 108 valence electrons. The van der Waals surface area contributed by atoms with Crippen LogP contribution in [0.5, 0.6) is 5.75 Å². The van der Waals surface area contributed by atoms with E-state index in [1.165, 1.54) is 0 Å². The standard InChI is InChI=1S/C18H14N2O2/c21-12-14-6-8-16(9-7-14)18-19-10-17(11-20-18)22-13-15-4-2-1-3-5-15/h1-12H,13H2. The minimum atomic E-state index is 0.484. The van der Waals surface area contributed by atoms with Gasteiger partial charge in [0.05, 0.1) is 12.4 Å². The van der Waals surface area contributed by atoms with Crippen molar-refractivity contribution in [1.29, 1.82) is 0 Å². The van der Waals surface area contributed by atoms with Gasteiger partial charge in [-0.15, -0.1) is 0 Å². The van der Waals surface area contributed by atoms with Crippen molar-refractivity contribution in [2.45, 2.75) is 6.61 Å². The molecule has 0 unspecified atom stereocenters. The highest BCUT2D eigenvalue weighted by molar-refractivity contribution is 5.76. The summed E-state index contributed by atoms with van der Waals surface area (Å²) in [7, 11) is 0. The van der Waals surface area contributed by atoms with Crippen molar-refractivity contribution in [3.8, 4) is 17.1 Å². The summed E-state index contributed by atoms with van der Waals surface area (Å²) in [6.07, 6.45) is 4.11. The first kappa shape index (κ1) is 13.9. The summed E-state index contributed by atoms with van der Waals surface area (Å²) in [6, 6.07) is 17.1. The minimum Gasteiger partial charge on any atom is -0.486 e. The summed E-state index contributed by atoms with van der Waals surface area (Å²) in [5, 5.41) is 0. The zero-order valence-electron chi connectivity index (χ0n) is 11.8. The summed E-state index contributed by atoms with van der Waals surface area (Å²) < 4.78 is 5.65. The monoisotopic (exact) mass is 290 g/mol. The topological polar surface area (TPSA) is 52.1 Å². The quantitative estimate of drug-likeness (QED) is 0.674. The Kier molecular flexibility index (Phi) is 4.20. The Bertz CT molecular complexity index is 738. The lowest BCUT2D eigenvalue weighted by Gasteiger charge is -2.06. The molecule has 4 nitrogen and oxygen atoms in total. The van der Waals surface area contributed by atoms with Gasteiger partial charge in [-0.05, 0) is 5.56 Å². The number of ether oxygens (including phenoxy) is 1. The molecule has 22 heavy (non-hydrogen) atoms. The van der Waals surface area contributed by atoms with Crippen molar-refractivity contribution >= 4 is 6.29 Å². The fraction of sp³-hybridized carbons (Fsp3) is 0.0556. The number of aromatic nitrogens is 2. The van der Waals surface area contributed by atoms with Crippen molar-refractivity contribution in [2.75, 3.05) is 0 Å². The fourth-order valence-corrected chi connectivity index (χ4v) is 1.99. The first-order chi connectivity index (χ1) is 10.8. The number of nitrogens with zero attached hydrogens (tertiary/aromatic N) is 2. The van der Waals surface area contributed by atoms with E-state index in [1.807, 2.05) is 42.5 Å². The Morgan fingerprint density at radius 3 is 2.23 bits per heavy atom. The lowest BCUT2D eigenvalue weighted by Crippen LogP contribution is -1.97. The van der Waals surface area contributed by atoms with E-state index in [4.69, 9.17) is 4.74 Å². The third kappa shape index (κ3) is 3.35. The van der Waals surface area contributed by atoms with E-state index >= 15 is 0 Å². The van der Waals surface area contributed by atoms with Crippen molar-refractivity contribution in [1.82, 2.24) is 9.97 Å². The maximum atomic E-state index is 10.6. The van der Waals surface area contributed by atoms with Gasteiger partial charge in [-0.1, -0.05) is 54.6 Å². The SMILES string of the molecule is O=Cc1ccc(-c2ncc(OCc3ccccc3)cn2)cc1. The molecular formula is C18H14N2O2. The van der Waals surface area contributed by atoms with Crippen LogP contribution in [0.3, 0.4) is 0 Å². The van der Waals surface area contributed by atoms with Crippen LogP contribution in [0.15, 0.2) is 67.0 Å². The van der Waals surface area contributed by atoms with Crippen LogP contribution in [0.25, 0.3) is 11.4 Å². The summed E-state index contributed by atoms with van der Waals surface area (Å²) in [5.41, 5.74) is 2.59. The predicted octanol–water partition coefficient (Wildman–Crippen LogP) is 3.54. The molecule has 0 spiro atoms. The molecule has 0 fully saturated rings. The number of benzene rings is 2. The van der Waals surface area contributed by atoms with Gasteiger partial charge in [0.1, 0.15) is 12.9 Å². The van der Waals surface area contributed by atoms with E-state index in [0.717, 1.165) is 17.4 Å². The lowest BCUT2D eigenvalue weighted by atomic mass is 10.1. The molecule has 0 N–H and O–H groups in total. The highest BCUT2D eigenvalue weighted by atomic mass is 16.5. The van der Waals surface area contributed by atoms with Crippen molar-refractivity contribution in [3.05, 3.63) is 78.1 Å². The van der Waals surface area contributed by atoms with Gasteiger partial charge >= 0.3 is 0 Å². The number of carbonyl (C=O) groups excluding carboxylic acids is 1. The molecular weight excluding hydrogens is 276 g/mol. The van der Waals surface area contributed by atoms with E-state index in [1.54, 1.807) is 24.5 Å². The fourth-order valence-electron chi connectivity index (χ4n) is 1.99. The van der Waals surface area contributed by atoms with Gasteiger partial charge in [0.2, 0.25) is 0 Å². The Morgan fingerprint density at radius 1 is 0.909 bits per heavy atom. The van der Waals surface area contributed by atoms with Crippen LogP contribution in [-0.2, 0) is 6.61 Å². The lowest BCUT2D eigenvalue weighted by molar-refractivity contribution is 0.112. The van der Waals surface area contributed by atoms with Gasteiger partial charge in [0.25, 0.3) is 0 Å². The van der Waals surface area contributed by atoms with E-state index in [0.29, 0.717) is 23.7 Å². The third-order valence-electron chi connectivity index (χ3n) is 3.18. The molecule has 0 aliphatic rings. The highest BCUT2D eigenvalue weighted by Gasteiger charge is 2.02. The summed E-state index contributed by atoms with van der Waals surface area (Å²) in [5.74, 6) is 1.22. The molecule has 0 bridgehead atoms. The van der Waals surface area contributed by atoms with Crippen LogP contribution in [-0.4, -0.2) is 16.3 Å². The molecule has 0 radical (unpaired) electrons. The Hall–Kier alpha value is -3.01. The maximum Gasteiger partial charge on any atom is 0.159 e. The average molecular weight is 290 g/mol. The third-order valence-corrected chi connectivity index (χ3v) is 3.18. The first-order valence-electron chi connectivity index (χ1n) is 6.89. The van der Waals surface area contributed by atoms with E-state index < -0.39 is 0 Å². The van der Waals surface area contributed by atoms with Crippen molar-refractivity contribution < 1.29 is 9.53 Å². The van der Waals surface area contributed by atoms with Crippen LogP contribution in [0.2, 0.25) is 0 Å². The second-order valence-electron chi connectivity index (χ2n) is 4.76. The van der Waals surface area contributed by atoms with E-state index in [9.17, 15) is 4.79 Å². The zero-order valence-corrected chi connectivity index (χ0v) is 11.8. The molecule has 4 heteroatoms. The van der Waals surface area contributed by atoms with Gasteiger partial charge in [-0.2, -0.15) is 0 Å². The second-order valence-corrected chi connectivity index (χ2v) is 4.76. The number of aldehydes is 1. The van der Waals surface area contributed by atoms with Gasteiger partial charge < -0.3 is 4.74 Å². The smallest absolute Gasteiger partial charge is 0.159 e. The zero-order chi connectivity index (χ0) is 15.2. The minimum absolute atomic E-state index is 0.484. The van der Waals surface area contributed by atoms with Gasteiger partial charge in [-0.25, -0.2) is 9.97 Å². The molecule has 0 saturated heterocycles. The normalized spacial score (nSPS) is 10.2. The van der Waals surface area contributed by atoms with Gasteiger partial charge in [0, 0.05) is 11.1 Å². The number of hydrogen-bond acceptors (Lipinski definition) is 4. The first-order valence-corrected chi connectivity index (χ1v) is 6.89. The van der Waals surface area contributed by atoms with Gasteiger partial charge in [-0.3, -0.25) is 4.79 Å². The van der Waals surface area contributed by atoms with E-state index in [2.05, 4.69) is 9.97 Å². The molecule has 1 heterocycles. The molecule has 1 aromatic heterocycles. The summed E-state index contributed by atoms with van der Waals surface area (Å²) in [4.78, 5) is 19.2. The summed E-state index contributed by atoms with van der Waals surface area (Å²) >= 11 is 0. The molecule has 3 aromatic rings. The Balaban J connectivity index is 1.68. The Morgan fingerprint density at radius 2 is 1.59 bits per heavy atom. The van der Waals surface area contributed by atoms with Crippen LogP contribution in [0.4, 0.5) is 0 Å². The molecule has 3 rings (SSSR count). The Labute approximate surface area is 128 Å². The van der Waals surface area contributed by atoms with Crippen LogP contribution < -0.4 is 4.74 Å². The number of hydrogen-bond donors (Lipinski definition) is 0. The molecule has 0 saturated carbocycles. The number of carbonyl (C=O) groups is 1. The van der Waals surface area contributed by atoms with Crippen LogP contribution >= 0.6 is 0 Å². The maximum absolute atomic E-state index is 10.6. The molecule has 0 amide bonds.